The first kappa shape index (κ1) is 13.1. The fourth-order valence-electron chi connectivity index (χ4n) is 1.25. The number of rotatable bonds is 8. The molecule has 0 bridgehead atoms. The Balaban J connectivity index is 1.85. The molecule has 1 rings (SSSR count). The molecule has 0 amide bonds. The van der Waals surface area contributed by atoms with Gasteiger partial charge in [-0.1, -0.05) is 19.9 Å². The third kappa shape index (κ3) is 6.98. The van der Waals surface area contributed by atoms with Crippen LogP contribution in [0.5, 0.6) is 0 Å². The molecule has 0 fully saturated rings. The number of nitrogens with one attached hydrogen (secondary N) is 1. The van der Waals surface area contributed by atoms with Gasteiger partial charge in [0.1, 0.15) is 0 Å². The third-order valence-electron chi connectivity index (χ3n) is 2.00. The first-order valence-corrected chi connectivity index (χ1v) is 7.63. The third-order valence-corrected chi connectivity index (χ3v) is 4.33. The summed E-state index contributed by atoms with van der Waals surface area (Å²) in [7, 11) is 0. The number of thiophene rings is 1. The van der Waals surface area contributed by atoms with Gasteiger partial charge in [-0.2, -0.15) is 11.8 Å². The molecule has 0 saturated carbocycles. The molecule has 1 aromatic heterocycles. The molecule has 1 N–H and O–H groups in total. The van der Waals surface area contributed by atoms with E-state index >= 15 is 0 Å². The monoisotopic (exact) mass is 243 g/mol. The lowest BCUT2D eigenvalue weighted by molar-refractivity contribution is 0.721. The maximum Gasteiger partial charge on any atom is 0.00582 e. The second-order valence-corrected chi connectivity index (χ2v) is 6.23. The van der Waals surface area contributed by atoms with Crippen LogP contribution in [0.25, 0.3) is 0 Å². The van der Waals surface area contributed by atoms with Crippen molar-refractivity contribution < 1.29 is 0 Å². The Bertz CT molecular complexity index is 232. The van der Waals surface area contributed by atoms with Crippen LogP contribution in [0.1, 0.15) is 18.7 Å². The standard InChI is InChI=1S/C12H21NS2/c1-11(2)10-14-9-7-13-6-5-12-4-3-8-15-12/h3-4,8,11,13H,5-7,9-10H2,1-2H3. The van der Waals surface area contributed by atoms with E-state index in [0.717, 1.165) is 19.0 Å². The maximum absolute atomic E-state index is 3.48. The van der Waals surface area contributed by atoms with E-state index in [1.165, 1.54) is 22.8 Å². The van der Waals surface area contributed by atoms with E-state index in [2.05, 4.69) is 36.7 Å². The average molecular weight is 243 g/mol. The smallest absolute Gasteiger partial charge is 0.00582 e. The number of thioether (sulfide) groups is 1. The molecule has 1 nitrogen and oxygen atoms in total. The highest BCUT2D eigenvalue weighted by Gasteiger charge is 1.95. The molecular formula is C12H21NS2. The van der Waals surface area contributed by atoms with Gasteiger partial charge in [-0.25, -0.2) is 0 Å². The molecule has 0 spiro atoms. The Hall–Kier alpha value is 0.01000. The minimum Gasteiger partial charge on any atom is -0.316 e. The van der Waals surface area contributed by atoms with E-state index in [-0.39, 0.29) is 0 Å². The van der Waals surface area contributed by atoms with Gasteiger partial charge >= 0.3 is 0 Å². The van der Waals surface area contributed by atoms with Crippen molar-refractivity contribution in [2.45, 2.75) is 20.3 Å². The summed E-state index contributed by atoms with van der Waals surface area (Å²) in [6.07, 6.45) is 1.17. The minimum absolute atomic E-state index is 0.820. The van der Waals surface area contributed by atoms with Gasteiger partial charge in [0.2, 0.25) is 0 Å². The van der Waals surface area contributed by atoms with Crippen LogP contribution in [-0.2, 0) is 6.42 Å². The second-order valence-electron chi connectivity index (χ2n) is 4.05. The summed E-state index contributed by atoms with van der Waals surface area (Å²) in [4.78, 5) is 1.48. The van der Waals surface area contributed by atoms with Crippen molar-refractivity contribution in [2.75, 3.05) is 24.6 Å². The summed E-state index contributed by atoms with van der Waals surface area (Å²) in [5.74, 6) is 3.34. The van der Waals surface area contributed by atoms with Crippen LogP contribution in [0.15, 0.2) is 17.5 Å². The predicted octanol–water partition coefficient (Wildman–Crippen LogP) is 3.27. The Morgan fingerprint density at radius 2 is 2.27 bits per heavy atom. The predicted molar refractivity (Wildman–Crippen MR) is 73.1 cm³/mol. The molecule has 0 aromatic carbocycles. The van der Waals surface area contributed by atoms with Crippen LogP contribution in [-0.4, -0.2) is 24.6 Å². The topological polar surface area (TPSA) is 12.0 Å². The van der Waals surface area contributed by atoms with Gasteiger partial charge in [-0.05, 0) is 36.1 Å². The zero-order valence-electron chi connectivity index (χ0n) is 9.66. The Morgan fingerprint density at radius 1 is 1.40 bits per heavy atom. The van der Waals surface area contributed by atoms with Crippen LogP contribution >= 0.6 is 23.1 Å². The Kier molecular flexibility index (Phi) is 7.14. The van der Waals surface area contributed by atoms with E-state index in [4.69, 9.17) is 0 Å². The van der Waals surface area contributed by atoms with Gasteiger partial charge < -0.3 is 5.32 Å². The summed E-state index contributed by atoms with van der Waals surface area (Å²) in [6.45, 7) is 6.81. The lowest BCUT2D eigenvalue weighted by atomic mass is 10.3. The molecule has 3 heteroatoms. The molecule has 0 saturated heterocycles. The summed E-state index contributed by atoms with van der Waals surface area (Å²) in [5, 5.41) is 5.63. The Morgan fingerprint density at radius 3 is 2.93 bits per heavy atom. The summed E-state index contributed by atoms with van der Waals surface area (Å²) in [6, 6.07) is 4.33. The molecule has 0 atom stereocenters. The van der Waals surface area contributed by atoms with Crippen molar-refractivity contribution in [1.29, 1.82) is 0 Å². The molecule has 0 aliphatic rings. The van der Waals surface area contributed by atoms with Crippen molar-refractivity contribution >= 4 is 23.1 Å². The zero-order chi connectivity index (χ0) is 10.9. The molecular weight excluding hydrogens is 222 g/mol. The van der Waals surface area contributed by atoms with Gasteiger partial charge in [-0.3, -0.25) is 0 Å². The second kappa shape index (κ2) is 8.20. The summed E-state index contributed by atoms with van der Waals surface area (Å²) < 4.78 is 0. The molecule has 0 radical (unpaired) electrons. The fraction of sp³-hybridized carbons (Fsp3) is 0.667. The molecule has 0 aliphatic heterocycles. The van der Waals surface area contributed by atoms with Crippen molar-refractivity contribution in [2.24, 2.45) is 5.92 Å². The van der Waals surface area contributed by atoms with Crippen molar-refractivity contribution in [3.8, 4) is 0 Å². The molecule has 86 valence electrons. The highest BCUT2D eigenvalue weighted by molar-refractivity contribution is 7.99. The highest BCUT2D eigenvalue weighted by Crippen LogP contribution is 2.08. The zero-order valence-corrected chi connectivity index (χ0v) is 11.3. The van der Waals surface area contributed by atoms with E-state index < -0.39 is 0 Å². The lowest BCUT2D eigenvalue weighted by Crippen LogP contribution is -2.20. The van der Waals surface area contributed by atoms with Crippen molar-refractivity contribution in [3.05, 3.63) is 22.4 Å². The van der Waals surface area contributed by atoms with Crippen LogP contribution in [0, 0.1) is 5.92 Å². The van der Waals surface area contributed by atoms with Crippen LogP contribution in [0.4, 0.5) is 0 Å². The van der Waals surface area contributed by atoms with E-state index in [9.17, 15) is 0 Å². The Labute approximate surface area is 102 Å². The molecule has 0 aliphatic carbocycles. The number of hydrogen-bond acceptors (Lipinski definition) is 3. The normalized spacial score (nSPS) is 11.1. The minimum atomic E-state index is 0.820. The molecule has 0 unspecified atom stereocenters. The summed E-state index contributed by atoms with van der Waals surface area (Å²) >= 11 is 3.90. The van der Waals surface area contributed by atoms with E-state index in [0.29, 0.717) is 0 Å². The van der Waals surface area contributed by atoms with Gasteiger partial charge in [0, 0.05) is 17.2 Å². The first-order valence-electron chi connectivity index (χ1n) is 5.60. The fourth-order valence-corrected chi connectivity index (χ4v) is 2.89. The van der Waals surface area contributed by atoms with Gasteiger partial charge in [0.05, 0.1) is 0 Å². The van der Waals surface area contributed by atoms with Crippen molar-refractivity contribution in [3.63, 3.8) is 0 Å². The molecule has 1 aromatic rings. The quantitative estimate of drug-likeness (QED) is 0.703. The van der Waals surface area contributed by atoms with Crippen LogP contribution in [0.3, 0.4) is 0 Å². The number of hydrogen-bond donors (Lipinski definition) is 1. The first-order chi connectivity index (χ1) is 7.29. The van der Waals surface area contributed by atoms with Gasteiger partial charge in [0.15, 0.2) is 0 Å². The van der Waals surface area contributed by atoms with E-state index in [1.807, 2.05) is 23.1 Å². The van der Waals surface area contributed by atoms with Crippen molar-refractivity contribution in [1.82, 2.24) is 5.32 Å². The SMILES string of the molecule is CC(C)CSCCNCCc1cccs1. The largest absolute Gasteiger partial charge is 0.316 e. The van der Waals surface area contributed by atoms with E-state index in [1.54, 1.807) is 0 Å². The average Bonchev–Trinajstić information content (AvgIpc) is 2.68. The van der Waals surface area contributed by atoms with Gasteiger partial charge in [-0.15, -0.1) is 11.3 Å². The highest BCUT2D eigenvalue weighted by atomic mass is 32.2. The summed E-state index contributed by atoms with van der Waals surface area (Å²) in [5.41, 5.74) is 0. The maximum atomic E-state index is 3.48. The lowest BCUT2D eigenvalue weighted by Gasteiger charge is -2.05. The van der Waals surface area contributed by atoms with Crippen LogP contribution < -0.4 is 5.32 Å². The molecule has 1 heterocycles. The molecule has 15 heavy (non-hydrogen) atoms. The van der Waals surface area contributed by atoms with Gasteiger partial charge in [0.25, 0.3) is 0 Å². The van der Waals surface area contributed by atoms with Crippen LogP contribution in [0.2, 0.25) is 0 Å².